The minimum absolute atomic E-state index is 0.291. The fourth-order valence-corrected chi connectivity index (χ4v) is 1.80. The van der Waals surface area contributed by atoms with E-state index in [1.54, 1.807) is 0 Å². The Kier molecular flexibility index (Phi) is 4.43. The zero-order valence-corrected chi connectivity index (χ0v) is 9.64. The van der Waals surface area contributed by atoms with E-state index in [0.717, 1.165) is 24.3 Å². The van der Waals surface area contributed by atoms with Crippen molar-refractivity contribution >= 4 is 11.6 Å². The van der Waals surface area contributed by atoms with Crippen LogP contribution in [0.25, 0.3) is 0 Å². The third kappa shape index (κ3) is 3.69. The number of hydrogen-bond donors (Lipinski definition) is 1. The minimum Gasteiger partial charge on any atom is -0.328 e. The van der Waals surface area contributed by atoms with Crippen LogP contribution in [0.15, 0.2) is 18.2 Å². The van der Waals surface area contributed by atoms with Gasteiger partial charge in [0, 0.05) is 11.1 Å². The molecule has 1 unspecified atom stereocenters. The summed E-state index contributed by atoms with van der Waals surface area (Å²) in [6.07, 6.45) is 3.20. The second-order valence-electron chi connectivity index (χ2n) is 3.96. The van der Waals surface area contributed by atoms with Crippen molar-refractivity contribution in [3.05, 3.63) is 34.3 Å². The highest BCUT2D eigenvalue weighted by atomic mass is 35.5. The van der Waals surface area contributed by atoms with Crippen molar-refractivity contribution in [3.8, 4) is 0 Å². The normalized spacial score (nSPS) is 12.9. The molecule has 0 aromatic heterocycles. The van der Waals surface area contributed by atoms with E-state index in [9.17, 15) is 0 Å². The molecule has 0 aliphatic rings. The molecule has 1 aromatic rings. The molecule has 0 aliphatic carbocycles. The maximum absolute atomic E-state index is 6.11. The molecule has 0 radical (unpaired) electrons. The van der Waals surface area contributed by atoms with Crippen molar-refractivity contribution in [2.24, 2.45) is 5.73 Å². The van der Waals surface area contributed by atoms with E-state index in [-0.39, 0.29) is 0 Å². The molecule has 1 aromatic carbocycles. The van der Waals surface area contributed by atoms with E-state index < -0.39 is 0 Å². The second kappa shape index (κ2) is 5.38. The first kappa shape index (κ1) is 11.5. The molecule has 0 saturated heterocycles. The molecule has 0 fully saturated rings. The molecular weight excluding hydrogens is 194 g/mol. The van der Waals surface area contributed by atoms with Gasteiger partial charge >= 0.3 is 0 Å². The van der Waals surface area contributed by atoms with Crippen molar-refractivity contribution in [3.63, 3.8) is 0 Å². The lowest BCUT2D eigenvalue weighted by molar-refractivity contribution is 0.624. The molecule has 0 spiro atoms. The minimum atomic E-state index is 0.291. The van der Waals surface area contributed by atoms with Crippen LogP contribution in [0.4, 0.5) is 0 Å². The quantitative estimate of drug-likeness (QED) is 0.813. The third-order valence-electron chi connectivity index (χ3n) is 2.31. The molecule has 2 heteroatoms. The van der Waals surface area contributed by atoms with Crippen LogP contribution >= 0.6 is 11.6 Å². The molecule has 0 heterocycles. The van der Waals surface area contributed by atoms with Gasteiger partial charge in [-0.2, -0.15) is 0 Å². The maximum atomic E-state index is 6.11. The van der Waals surface area contributed by atoms with Gasteiger partial charge in [-0.1, -0.05) is 23.7 Å². The Bertz CT molecular complexity index is 294. The van der Waals surface area contributed by atoms with E-state index in [1.807, 2.05) is 13.0 Å². The summed E-state index contributed by atoms with van der Waals surface area (Å²) in [6, 6.07) is 6.52. The first-order chi connectivity index (χ1) is 6.59. The molecule has 78 valence electrons. The van der Waals surface area contributed by atoms with Gasteiger partial charge in [0.05, 0.1) is 0 Å². The van der Waals surface area contributed by atoms with Gasteiger partial charge in [-0.05, 0) is 50.3 Å². The van der Waals surface area contributed by atoms with Gasteiger partial charge in [-0.25, -0.2) is 0 Å². The summed E-state index contributed by atoms with van der Waals surface area (Å²) in [5.41, 5.74) is 8.13. The molecule has 1 nitrogen and oxygen atoms in total. The topological polar surface area (TPSA) is 26.0 Å². The molecular formula is C12H18ClN. The summed E-state index contributed by atoms with van der Waals surface area (Å²) in [7, 11) is 0. The van der Waals surface area contributed by atoms with Crippen LogP contribution in [-0.2, 0) is 6.42 Å². The number of hydrogen-bond acceptors (Lipinski definition) is 1. The van der Waals surface area contributed by atoms with E-state index in [1.165, 1.54) is 11.1 Å². The van der Waals surface area contributed by atoms with E-state index in [2.05, 4.69) is 19.1 Å². The molecule has 2 N–H and O–H groups in total. The van der Waals surface area contributed by atoms with Crippen LogP contribution in [0.3, 0.4) is 0 Å². The fourth-order valence-electron chi connectivity index (χ4n) is 1.47. The van der Waals surface area contributed by atoms with Gasteiger partial charge in [0.2, 0.25) is 0 Å². The van der Waals surface area contributed by atoms with Crippen molar-refractivity contribution in [2.75, 3.05) is 0 Å². The number of nitrogens with two attached hydrogens (primary N) is 1. The molecule has 1 rings (SSSR count). The summed E-state index contributed by atoms with van der Waals surface area (Å²) < 4.78 is 0. The Morgan fingerprint density at radius 2 is 2.14 bits per heavy atom. The van der Waals surface area contributed by atoms with Gasteiger partial charge in [-0.3, -0.25) is 0 Å². The van der Waals surface area contributed by atoms with Crippen LogP contribution in [0.5, 0.6) is 0 Å². The fraction of sp³-hybridized carbons (Fsp3) is 0.500. The summed E-state index contributed by atoms with van der Waals surface area (Å²) >= 11 is 6.11. The standard InChI is InChI=1S/C12H18ClN/c1-9-6-7-11(12(13)8-9)5-3-4-10(2)14/h6-8,10H,3-5,14H2,1-2H3. The highest BCUT2D eigenvalue weighted by Crippen LogP contribution is 2.19. The molecule has 14 heavy (non-hydrogen) atoms. The third-order valence-corrected chi connectivity index (χ3v) is 2.67. The van der Waals surface area contributed by atoms with Gasteiger partial charge in [0.25, 0.3) is 0 Å². The monoisotopic (exact) mass is 211 g/mol. The van der Waals surface area contributed by atoms with Crippen LogP contribution < -0.4 is 5.73 Å². The predicted molar refractivity (Wildman–Crippen MR) is 62.8 cm³/mol. The van der Waals surface area contributed by atoms with E-state index >= 15 is 0 Å². The molecule has 0 saturated carbocycles. The van der Waals surface area contributed by atoms with E-state index in [4.69, 9.17) is 17.3 Å². The van der Waals surface area contributed by atoms with Gasteiger partial charge in [-0.15, -0.1) is 0 Å². The summed E-state index contributed by atoms with van der Waals surface area (Å²) in [4.78, 5) is 0. The summed E-state index contributed by atoms with van der Waals surface area (Å²) in [6.45, 7) is 4.09. The largest absolute Gasteiger partial charge is 0.328 e. The van der Waals surface area contributed by atoms with Gasteiger partial charge in [0.15, 0.2) is 0 Å². The number of benzene rings is 1. The Morgan fingerprint density at radius 3 is 2.71 bits per heavy atom. The van der Waals surface area contributed by atoms with Crippen LogP contribution in [0, 0.1) is 6.92 Å². The zero-order valence-electron chi connectivity index (χ0n) is 8.89. The predicted octanol–water partition coefficient (Wildman–Crippen LogP) is 3.32. The number of aryl methyl sites for hydroxylation is 2. The van der Waals surface area contributed by atoms with Crippen molar-refractivity contribution in [1.82, 2.24) is 0 Å². The summed E-state index contributed by atoms with van der Waals surface area (Å²) in [5.74, 6) is 0. The summed E-state index contributed by atoms with van der Waals surface area (Å²) in [5, 5.41) is 0.884. The Labute approximate surface area is 91.3 Å². The Balaban J connectivity index is 2.51. The smallest absolute Gasteiger partial charge is 0.0440 e. The lowest BCUT2D eigenvalue weighted by Gasteiger charge is -2.07. The maximum Gasteiger partial charge on any atom is 0.0440 e. The first-order valence-corrected chi connectivity index (χ1v) is 5.48. The number of halogens is 1. The van der Waals surface area contributed by atoms with Crippen LogP contribution in [-0.4, -0.2) is 6.04 Å². The molecule has 0 amide bonds. The van der Waals surface area contributed by atoms with Gasteiger partial charge in [0.1, 0.15) is 0 Å². The van der Waals surface area contributed by atoms with E-state index in [0.29, 0.717) is 6.04 Å². The van der Waals surface area contributed by atoms with Crippen LogP contribution in [0.1, 0.15) is 30.9 Å². The first-order valence-electron chi connectivity index (χ1n) is 5.10. The second-order valence-corrected chi connectivity index (χ2v) is 4.37. The number of rotatable bonds is 4. The van der Waals surface area contributed by atoms with Crippen molar-refractivity contribution in [1.29, 1.82) is 0 Å². The molecule has 0 bridgehead atoms. The average molecular weight is 212 g/mol. The van der Waals surface area contributed by atoms with Gasteiger partial charge < -0.3 is 5.73 Å². The van der Waals surface area contributed by atoms with Crippen molar-refractivity contribution < 1.29 is 0 Å². The Morgan fingerprint density at radius 1 is 1.43 bits per heavy atom. The van der Waals surface area contributed by atoms with Crippen LogP contribution in [0.2, 0.25) is 5.02 Å². The average Bonchev–Trinajstić information content (AvgIpc) is 2.08. The molecule has 0 aliphatic heterocycles. The van der Waals surface area contributed by atoms with Crippen molar-refractivity contribution in [2.45, 2.75) is 39.2 Å². The SMILES string of the molecule is Cc1ccc(CCCC(C)N)c(Cl)c1. The highest BCUT2D eigenvalue weighted by molar-refractivity contribution is 6.31. The lowest BCUT2D eigenvalue weighted by atomic mass is 10.0. The molecule has 1 atom stereocenters. The lowest BCUT2D eigenvalue weighted by Crippen LogP contribution is -2.14. The highest BCUT2D eigenvalue weighted by Gasteiger charge is 2.01. The Hall–Kier alpha value is -0.530. The zero-order chi connectivity index (χ0) is 10.6.